The molecule has 0 saturated carbocycles. The van der Waals surface area contributed by atoms with E-state index in [4.69, 9.17) is 0 Å². The quantitative estimate of drug-likeness (QED) is 0.840. The zero-order chi connectivity index (χ0) is 14.3. The number of carbonyl (C=O) groups is 2. The van der Waals surface area contributed by atoms with Crippen LogP contribution in [-0.2, 0) is 16.0 Å². The van der Waals surface area contributed by atoms with Crippen molar-refractivity contribution in [2.24, 2.45) is 0 Å². The highest BCUT2D eigenvalue weighted by Gasteiger charge is 2.14. The van der Waals surface area contributed by atoms with Gasteiger partial charge in [0.1, 0.15) is 6.04 Å². The summed E-state index contributed by atoms with van der Waals surface area (Å²) >= 11 is 3.34. The maximum atomic E-state index is 11.8. The first-order valence-corrected chi connectivity index (χ1v) is 7.13. The van der Waals surface area contributed by atoms with Crippen LogP contribution >= 0.6 is 15.9 Å². The van der Waals surface area contributed by atoms with Crippen molar-refractivity contribution in [3.63, 3.8) is 0 Å². The Balaban J connectivity index is 2.42. The number of benzene rings is 1. The Morgan fingerprint density at radius 2 is 1.89 bits per heavy atom. The summed E-state index contributed by atoms with van der Waals surface area (Å²) in [5.74, 6) is -0.299. The molecule has 0 aromatic heterocycles. The average molecular weight is 327 g/mol. The van der Waals surface area contributed by atoms with E-state index in [1.165, 1.54) is 0 Å². The van der Waals surface area contributed by atoms with Gasteiger partial charge in [0.05, 0.1) is 6.42 Å². The van der Waals surface area contributed by atoms with E-state index in [0.717, 1.165) is 16.5 Å². The molecular weight excluding hydrogens is 308 g/mol. The van der Waals surface area contributed by atoms with Crippen LogP contribution in [0.25, 0.3) is 0 Å². The summed E-state index contributed by atoms with van der Waals surface area (Å²) < 4.78 is 0.976. The summed E-state index contributed by atoms with van der Waals surface area (Å²) in [5, 5.41) is 5.44. The lowest BCUT2D eigenvalue weighted by Gasteiger charge is -2.13. The molecule has 104 valence electrons. The van der Waals surface area contributed by atoms with Crippen molar-refractivity contribution >= 4 is 27.7 Å². The van der Waals surface area contributed by atoms with Crippen molar-refractivity contribution < 1.29 is 9.59 Å². The Morgan fingerprint density at radius 3 is 2.47 bits per heavy atom. The molecule has 5 heteroatoms. The summed E-state index contributed by atoms with van der Waals surface area (Å²) in [6.45, 7) is 4.30. The Bertz CT molecular complexity index is 432. The largest absolute Gasteiger partial charge is 0.354 e. The molecule has 2 amide bonds. The first-order chi connectivity index (χ1) is 9.02. The molecule has 0 radical (unpaired) electrons. The van der Waals surface area contributed by atoms with Crippen molar-refractivity contribution in [3.8, 4) is 0 Å². The first-order valence-electron chi connectivity index (χ1n) is 6.34. The van der Waals surface area contributed by atoms with Crippen LogP contribution in [0.4, 0.5) is 0 Å². The third-order valence-electron chi connectivity index (χ3n) is 2.60. The SMILES string of the molecule is CCCNC(=O)C(C)NC(=O)Cc1ccc(Br)cc1. The lowest BCUT2D eigenvalue weighted by atomic mass is 10.1. The van der Waals surface area contributed by atoms with Crippen molar-refractivity contribution in [2.75, 3.05) is 6.54 Å². The minimum absolute atomic E-state index is 0.147. The van der Waals surface area contributed by atoms with Crippen molar-refractivity contribution in [2.45, 2.75) is 32.7 Å². The molecule has 19 heavy (non-hydrogen) atoms. The molecule has 2 N–H and O–H groups in total. The zero-order valence-corrected chi connectivity index (χ0v) is 12.8. The number of nitrogens with one attached hydrogen (secondary N) is 2. The van der Waals surface area contributed by atoms with E-state index in [-0.39, 0.29) is 18.2 Å². The van der Waals surface area contributed by atoms with Gasteiger partial charge in [-0.15, -0.1) is 0 Å². The van der Waals surface area contributed by atoms with Gasteiger partial charge in [-0.3, -0.25) is 9.59 Å². The van der Waals surface area contributed by atoms with Crippen LogP contribution in [0.2, 0.25) is 0 Å². The molecule has 0 heterocycles. The van der Waals surface area contributed by atoms with Gasteiger partial charge in [0, 0.05) is 11.0 Å². The fraction of sp³-hybridized carbons (Fsp3) is 0.429. The monoisotopic (exact) mass is 326 g/mol. The Morgan fingerprint density at radius 1 is 1.26 bits per heavy atom. The van der Waals surface area contributed by atoms with Gasteiger partial charge in [0.2, 0.25) is 11.8 Å². The summed E-state index contributed by atoms with van der Waals surface area (Å²) in [5.41, 5.74) is 0.918. The van der Waals surface area contributed by atoms with E-state index >= 15 is 0 Å². The first kappa shape index (κ1) is 15.7. The molecule has 0 aliphatic carbocycles. The molecule has 1 aromatic rings. The number of amides is 2. The van der Waals surface area contributed by atoms with E-state index in [9.17, 15) is 9.59 Å². The highest BCUT2D eigenvalue weighted by Crippen LogP contribution is 2.10. The average Bonchev–Trinajstić information content (AvgIpc) is 2.38. The second-order valence-electron chi connectivity index (χ2n) is 4.38. The van der Waals surface area contributed by atoms with Gasteiger partial charge in [-0.2, -0.15) is 0 Å². The van der Waals surface area contributed by atoms with Crippen molar-refractivity contribution in [1.29, 1.82) is 0 Å². The number of halogens is 1. The number of hydrogen-bond acceptors (Lipinski definition) is 2. The van der Waals surface area contributed by atoms with E-state index in [1.807, 2.05) is 31.2 Å². The van der Waals surface area contributed by atoms with Gasteiger partial charge >= 0.3 is 0 Å². The normalized spacial score (nSPS) is 11.7. The van der Waals surface area contributed by atoms with Crippen LogP contribution in [0.1, 0.15) is 25.8 Å². The maximum absolute atomic E-state index is 11.8. The molecule has 0 aliphatic heterocycles. The summed E-state index contributed by atoms with van der Waals surface area (Å²) in [4.78, 5) is 23.4. The van der Waals surface area contributed by atoms with Crippen LogP contribution in [0.3, 0.4) is 0 Å². The highest BCUT2D eigenvalue weighted by molar-refractivity contribution is 9.10. The van der Waals surface area contributed by atoms with E-state index in [0.29, 0.717) is 6.54 Å². The molecule has 1 atom stereocenters. The second-order valence-corrected chi connectivity index (χ2v) is 5.30. The Labute approximate surface area is 122 Å². The van der Waals surface area contributed by atoms with Crippen molar-refractivity contribution in [1.82, 2.24) is 10.6 Å². The summed E-state index contributed by atoms with van der Waals surface area (Å²) in [7, 11) is 0. The van der Waals surface area contributed by atoms with Crippen LogP contribution < -0.4 is 10.6 Å². The van der Waals surface area contributed by atoms with Gasteiger partial charge < -0.3 is 10.6 Å². The van der Waals surface area contributed by atoms with Gasteiger partial charge in [0.25, 0.3) is 0 Å². The van der Waals surface area contributed by atoms with Crippen LogP contribution in [0, 0.1) is 0 Å². The maximum Gasteiger partial charge on any atom is 0.242 e. The van der Waals surface area contributed by atoms with E-state index in [2.05, 4.69) is 26.6 Å². The van der Waals surface area contributed by atoms with Gasteiger partial charge in [-0.1, -0.05) is 35.0 Å². The van der Waals surface area contributed by atoms with Gasteiger partial charge in [-0.05, 0) is 31.0 Å². The Kier molecular flexibility index (Phi) is 6.56. The minimum atomic E-state index is -0.505. The fourth-order valence-electron chi connectivity index (χ4n) is 1.55. The van der Waals surface area contributed by atoms with Gasteiger partial charge in [0.15, 0.2) is 0 Å². The second kappa shape index (κ2) is 7.94. The number of hydrogen-bond donors (Lipinski definition) is 2. The molecule has 1 unspecified atom stereocenters. The number of carbonyl (C=O) groups excluding carboxylic acids is 2. The smallest absolute Gasteiger partial charge is 0.242 e. The predicted octanol–water partition coefficient (Wildman–Crippen LogP) is 2.02. The third kappa shape index (κ3) is 5.87. The zero-order valence-electron chi connectivity index (χ0n) is 11.2. The topological polar surface area (TPSA) is 58.2 Å². The number of rotatable bonds is 6. The molecule has 0 fully saturated rings. The molecule has 0 spiro atoms. The molecule has 0 saturated heterocycles. The molecular formula is C14H19BrN2O2. The fourth-order valence-corrected chi connectivity index (χ4v) is 1.81. The van der Waals surface area contributed by atoms with Crippen LogP contribution in [0.5, 0.6) is 0 Å². The molecule has 1 aromatic carbocycles. The van der Waals surface area contributed by atoms with Gasteiger partial charge in [-0.25, -0.2) is 0 Å². The Hall–Kier alpha value is -1.36. The summed E-state index contributed by atoms with van der Waals surface area (Å²) in [6, 6.07) is 7.03. The molecule has 4 nitrogen and oxygen atoms in total. The summed E-state index contributed by atoms with van der Waals surface area (Å²) in [6.07, 6.45) is 1.16. The standard InChI is InChI=1S/C14H19BrN2O2/c1-3-8-16-14(19)10(2)17-13(18)9-11-4-6-12(15)7-5-11/h4-7,10H,3,8-9H2,1-2H3,(H,16,19)(H,17,18). The lowest BCUT2D eigenvalue weighted by molar-refractivity contribution is -0.128. The molecule has 0 aliphatic rings. The van der Waals surface area contributed by atoms with E-state index < -0.39 is 6.04 Å². The third-order valence-corrected chi connectivity index (χ3v) is 3.13. The predicted molar refractivity (Wildman–Crippen MR) is 78.8 cm³/mol. The highest BCUT2D eigenvalue weighted by atomic mass is 79.9. The van der Waals surface area contributed by atoms with E-state index in [1.54, 1.807) is 6.92 Å². The van der Waals surface area contributed by atoms with Crippen LogP contribution in [0.15, 0.2) is 28.7 Å². The lowest BCUT2D eigenvalue weighted by Crippen LogP contribution is -2.45. The molecule has 0 bridgehead atoms. The molecule has 1 rings (SSSR count). The minimum Gasteiger partial charge on any atom is -0.354 e. The van der Waals surface area contributed by atoms with Crippen molar-refractivity contribution in [3.05, 3.63) is 34.3 Å². The van der Waals surface area contributed by atoms with Crippen LogP contribution in [-0.4, -0.2) is 24.4 Å².